The van der Waals surface area contributed by atoms with Crippen molar-refractivity contribution in [2.24, 2.45) is 4.99 Å². The first-order chi connectivity index (χ1) is 21.1. The first kappa shape index (κ1) is 35.2. The second-order valence-corrected chi connectivity index (χ2v) is 9.38. The number of nitrogens with zero attached hydrogens (tertiary/aromatic N) is 3. The monoisotopic (exact) mass is 611 g/mol. The second kappa shape index (κ2) is 20.0. The Bertz CT molecular complexity index is 1220. The van der Waals surface area contributed by atoms with Gasteiger partial charge < -0.3 is 34.8 Å². The predicted octanol–water partition coefficient (Wildman–Crippen LogP) is 2.47. The van der Waals surface area contributed by atoms with Crippen LogP contribution in [-0.4, -0.2) is 112 Å². The highest BCUT2D eigenvalue weighted by atomic mass is 16.5. The smallest absolute Gasteiger partial charge is 0.328 e. The number of carbonyl (C=O) groups is 4. The molecule has 0 aromatic heterocycles. The molecule has 1 fully saturated rings. The number of aliphatic imine (C=N–C) groups is 1. The number of carboxylic acid groups (broad SMARTS) is 4. The lowest BCUT2D eigenvalue weighted by molar-refractivity contribution is -0.134. The van der Waals surface area contributed by atoms with Gasteiger partial charge in [0.1, 0.15) is 12.4 Å². The Balaban J connectivity index is 0.000000349. The molecule has 0 saturated carbocycles. The lowest BCUT2D eigenvalue weighted by Crippen LogP contribution is -2.46. The standard InChI is InChI=1S/C23H29N3O2.2C4H4O4/c1-2-5-20(6-3-1)19-26-15-13-25(14-16-26)12-4-17-27-22-9-7-21(8-10-22)23-24-11-18-28-23;2*5-3(6)1-2-4(7)8/h1-3,5-10H,4,11-19H2;2*1-2H,(H,5,6)(H,7,8). The number of piperazine rings is 1. The number of rotatable bonds is 12. The van der Waals surface area contributed by atoms with Crippen molar-refractivity contribution in [1.82, 2.24) is 9.80 Å². The maximum Gasteiger partial charge on any atom is 0.328 e. The number of aliphatic carboxylic acids is 4. The summed E-state index contributed by atoms with van der Waals surface area (Å²) in [6.07, 6.45) is 3.28. The summed E-state index contributed by atoms with van der Waals surface area (Å²) >= 11 is 0. The van der Waals surface area contributed by atoms with Gasteiger partial charge in [-0.05, 0) is 36.2 Å². The maximum atomic E-state index is 9.55. The zero-order valence-corrected chi connectivity index (χ0v) is 24.2. The van der Waals surface area contributed by atoms with Crippen molar-refractivity contribution >= 4 is 29.8 Å². The molecule has 0 bridgehead atoms. The average molecular weight is 612 g/mol. The maximum absolute atomic E-state index is 9.55. The van der Waals surface area contributed by atoms with Crippen LogP contribution in [0.5, 0.6) is 5.75 Å². The molecule has 2 aliphatic heterocycles. The van der Waals surface area contributed by atoms with Crippen LogP contribution in [0, 0.1) is 0 Å². The van der Waals surface area contributed by atoms with Crippen molar-refractivity contribution < 1.29 is 49.1 Å². The molecule has 0 atom stereocenters. The van der Waals surface area contributed by atoms with Gasteiger partial charge in [0, 0.05) is 69.1 Å². The molecule has 236 valence electrons. The van der Waals surface area contributed by atoms with Crippen LogP contribution in [0.1, 0.15) is 17.5 Å². The lowest BCUT2D eigenvalue weighted by Gasteiger charge is -2.34. The normalized spacial score (nSPS) is 14.9. The predicted molar refractivity (Wildman–Crippen MR) is 161 cm³/mol. The molecule has 0 radical (unpaired) electrons. The molecule has 2 aromatic rings. The lowest BCUT2D eigenvalue weighted by atomic mass is 10.2. The van der Waals surface area contributed by atoms with E-state index in [0.717, 1.165) is 76.1 Å². The Hall–Kier alpha value is -5.01. The summed E-state index contributed by atoms with van der Waals surface area (Å²) in [5.41, 5.74) is 2.43. The van der Waals surface area contributed by atoms with E-state index in [2.05, 4.69) is 45.1 Å². The number of ether oxygens (including phenoxy) is 2. The number of benzene rings is 2. The van der Waals surface area contributed by atoms with Crippen LogP contribution in [0.3, 0.4) is 0 Å². The van der Waals surface area contributed by atoms with Gasteiger partial charge in [0.15, 0.2) is 0 Å². The van der Waals surface area contributed by atoms with E-state index in [-0.39, 0.29) is 0 Å². The fraction of sp³-hybridized carbons (Fsp3) is 0.323. The van der Waals surface area contributed by atoms with E-state index in [0.29, 0.717) is 30.9 Å². The molecular weight excluding hydrogens is 574 g/mol. The Labute approximate surface area is 255 Å². The van der Waals surface area contributed by atoms with Crippen LogP contribution in [0.25, 0.3) is 0 Å². The SMILES string of the molecule is O=C(O)C=CC(=O)O.O=C(O)C=CC(=O)O.c1ccc(CN2CCN(CCCOc3ccc(C4=NCCO4)cc3)CC2)cc1. The average Bonchev–Trinajstić information content (AvgIpc) is 3.55. The van der Waals surface area contributed by atoms with E-state index in [1.54, 1.807) is 0 Å². The Kier molecular flexibility index (Phi) is 16.0. The summed E-state index contributed by atoms with van der Waals surface area (Å²) in [7, 11) is 0. The molecule has 2 aliphatic rings. The molecule has 0 spiro atoms. The molecule has 0 aliphatic carbocycles. The Morgan fingerprint density at radius 3 is 1.75 bits per heavy atom. The third kappa shape index (κ3) is 15.8. The quantitative estimate of drug-likeness (QED) is 0.203. The van der Waals surface area contributed by atoms with Crippen molar-refractivity contribution in [3.8, 4) is 5.75 Å². The number of hydrogen-bond donors (Lipinski definition) is 4. The molecule has 1 saturated heterocycles. The van der Waals surface area contributed by atoms with Gasteiger partial charge in [0.05, 0.1) is 13.2 Å². The summed E-state index contributed by atoms with van der Waals surface area (Å²) in [5, 5.41) is 31.2. The van der Waals surface area contributed by atoms with E-state index >= 15 is 0 Å². The molecule has 4 N–H and O–H groups in total. The van der Waals surface area contributed by atoms with Crippen LogP contribution in [-0.2, 0) is 30.5 Å². The highest BCUT2D eigenvalue weighted by molar-refractivity contribution is 5.95. The zero-order chi connectivity index (χ0) is 32.2. The minimum absolute atomic E-state index is 0.558. The first-order valence-electron chi connectivity index (χ1n) is 13.8. The van der Waals surface area contributed by atoms with Gasteiger partial charge in [-0.25, -0.2) is 24.2 Å². The molecule has 2 heterocycles. The van der Waals surface area contributed by atoms with E-state index in [1.165, 1.54) is 5.56 Å². The fourth-order valence-corrected chi connectivity index (χ4v) is 3.98. The van der Waals surface area contributed by atoms with Crippen LogP contribution < -0.4 is 4.74 Å². The molecule has 0 unspecified atom stereocenters. The van der Waals surface area contributed by atoms with Crippen molar-refractivity contribution in [3.63, 3.8) is 0 Å². The fourth-order valence-electron chi connectivity index (χ4n) is 3.98. The molecule has 2 aromatic carbocycles. The highest BCUT2D eigenvalue weighted by Crippen LogP contribution is 2.15. The van der Waals surface area contributed by atoms with E-state index in [1.807, 2.05) is 24.3 Å². The summed E-state index contributed by atoms with van der Waals surface area (Å²) < 4.78 is 11.4. The third-order valence-corrected chi connectivity index (χ3v) is 6.03. The minimum Gasteiger partial charge on any atom is -0.494 e. The van der Waals surface area contributed by atoms with Crippen molar-refractivity contribution in [1.29, 1.82) is 0 Å². The van der Waals surface area contributed by atoms with Gasteiger partial charge in [0.25, 0.3) is 0 Å². The zero-order valence-electron chi connectivity index (χ0n) is 24.2. The van der Waals surface area contributed by atoms with Gasteiger partial charge in [-0.3, -0.25) is 4.90 Å². The van der Waals surface area contributed by atoms with Gasteiger partial charge in [0.2, 0.25) is 5.90 Å². The number of hydrogen-bond acceptors (Lipinski definition) is 9. The topological polar surface area (TPSA) is 186 Å². The van der Waals surface area contributed by atoms with Crippen LogP contribution in [0.4, 0.5) is 0 Å². The van der Waals surface area contributed by atoms with E-state index in [4.69, 9.17) is 29.9 Å². The van der Waals surface area contributed by atoms with Crippen LogP contribution >= 0.6 is 0 Å². The summed E-state index contributed by atoms with van der Waals surface area (Å²) in [6.45, 7) is 8.93. The molecule has 0 amide bonds. The van der Waals surface area contributed by atoms with Crippen LogP contribution in [0.2, 0.25) is 0 Å². The minimum atomic E-state index is -1.26. The molecular formula is C31H37N3O10. The Morgan fingerprint density at radius 1 is 0.750 bits per heavy atom. The first-order valence-corrected chi connectivity index (χ1v) is 13.8. The van der Waals surface area contributed by atoms with Gasteiger partial charge in [-0.1, -0.05) is 30.3 Å². The molecule has 13 heteroatoms. The second-order valence-electron chi connectivity index (χ2n) is 9.38. The Morgan fingerprint density at radius 2 is 1.27 bits per heavy atom. The van der Waals surface area contributed by atoms with Crippen LogP contribution in [0.15, 0.2) is 83.9 Å². The van der Waals surface area contributed by atoms with Crippen molar-refractivity contribution in [2.75, 3.05) is 52.5 Å². The number of carboxylic acids is 4. The largest absolute Gasteiger partial charge is 0.494 e. The summed E-state index contributed by atoms with van der Waals surface area (Å²) in [5.74, 6) is -3.37. The van der Waals surface area contributed by atoms with E-state index < -0.39 is 23.9 Å². The summed E-state index contributed by atoms with van der Waals surface area (Å²) in [4.78, 5) is 47.6. The molecule has 4 rings (SSSR count). The highest BCUT2D eigenvalue weighted by Gasteiger charge is 2.16. The molecule has 13 nitrogen and oxygen atoms in total. The van der Waals surface area contributed by atoms with Gasteiger partial charge >= 0.3 is 23.9 Å². The van der Waals surface area contributed by atoms with Crippen molar-refractivity contribution in [3.05, 3.63) is 90.0 Å². The van der Waals surface area contributed by atoms with Gasteiger partial charge in [-0.2, -0.15) is 0 Å². The van der Waals surface area contributed by atoms with Crippen molar-refractivity contribution in [2.45, 2.75) is 13.0 Å². The summed E-state index contributed by atoms with van der Waals surface area (Å²) in [6, 6.07) is 18.8. The third-order valence-electron chi connectivity index (χ3n) is 6.03. The van der Waals surface area contributed by atoms with Gasteiger partial charge in [-0.15, -0.1) is 0 Å². The van der Waals surface area contributed by atoms with E-state index in [9.17, 15) is 19.2 Å². The molecule has 44 heavy (non-hydrogen) atoms.